The van der Waals surface area contributed by atoms with Crippen LogP contribution < -0.4 is 4.90 Å². The van der Waals surface area contributed by atoms with Gasteiger partial charge in [0.15, 0.2) is 0 Å². The predicted octanol–water partition coefficient (Wildman–Crippen LogP) is 2.52. The van der Waals surface area contributed by atoms with Gasteiger partial charge in [0.05, 0.1) is 0 Å². The number of anilines is 1. The van der Waals surface area contributed by atoms with Crippen molar-refractivity contribution in [1.82, 2.24) is 9.97 Å². The molecule has 0 aromatic carbocycles. The van der Waals surface area contributed by atoms with Crippen molar-refractivity contribution < 1.29 is 4.79 Å². The topological polar surface area (TPSA) is 46.1 Å². The third kappa shape index (κ3) is 2.68. The van der Waals surface area contributed by atoms with Crippen molar-refractivity contribution in [3.05, 3.63) is 53.0 Å². The molecule has 17 heavy (non-hydrogen) atoms. The monoisotopic (exact) mass is 291 g/mol. The zero-order valence-electron chi connectivity index (χ0n) is 9.17. The molecule has 0 bridgehead atoms. The lowest BCUT2D eigenvalue weighted by Gasteiger charge is -2.16. The lowest BCUT2D eigenvalue weighted by Crippen LogP contribution is -2.27. The maximum Gasteiger partial charge on any atom is 0.276 e. The Morgan fingerprint density at radius 2 is 1.94 bits per heavy atom. The summed E-state index contributed by atoms with van der Waals surface area (Å²) in [5.41, 5.74) is 1.19. The first kappa shape index (κ1) is 11.7. The Labute approximate surface area is 107 Å². The summed E-state index contributed by atoms with van der Waals surface area (Å²) in [5, 5.41) is 0. The number of rotatable bonds is 2. The zero-order valence-corrected chi connectivity index (χ0v) is 10.8. The first-order chi connectivity index (χ1) is 8.18. The number of halogens is 1. The lowest BCUT2D eigenvalue weighted by molar-refractivity contribution is 0.0988. The van der Waals surface area contributed by atoms with E-state index in [1.165, 1.54) is 4.90 Å². The summed E-state index contributed by atoms with van der Waals surface area (Å²) in [6, 6.07) is 8.80. The summed E-state index contributed by atoms with van der Waals surface area (Å²) in [5.74, 6) is -0.155. The van der Waals surface area contributed by atoms with E-state index < -0.39 is 0 Å². The van der Waals surface area contributed by atoms with Crippen LogP contribution in [-0.4, -0.2) is 22.9 Å². The van der Waals surface area contributed by atoms with Crippen molar-refractivity contribution >= 4 is 27.5 Å². The molecule has 0 aliphatic carbocycles. The number of hydrogen-bond donors (Lipinski definition) is 0. The highest BCUT2D eigenvalue weighted by atomic mass is 79.9. The second kappa shape index (κ2) is 5.05. The van der Waals surface area contributed by atoms with Gasteiger partial charge in [-0.15, -0.1) is 0 Å². The van der Waals surface area contributed by atoms with Gasteiger partial charge >= 0.3 is 0 Å². The molecule has 0 N–H and O–H groups in total. The van der Waals surface area contributed by atoms with E-state index in [2.05, 4.69) is 25.9 Å². The minimum Gasteiger partial charge on any atom is -0.310 e. The quantitative estimate of drug-likeness (QED) is 0.799. The maximum atomic E-state index is 12.1. The minimum absolute atomic E-state index is 0.155. The molecule has 2 heterocycles. The van der Waals surface area contributed by atoms with Crippen LogP contribution in [0.15, 0.2) is 47.3 Å². The second-order valence-electron chi connectivity index (χ2n) is 3.42. The van der Waals surface area contributed by atoms with Crippen LogP contribution in [0.3, 0.4) is 0 Å². The molecule has 2 rings (SSSR count). The highest BCUT2D eigenvalue weighted by Gasteiger charge is 2.14. The number of pyridine rings is 2. The van der Waals surface area contributed by atoms with Crippen LogP contribution in [0, 0.1) is 0 Å². The number of aromatic nitrogens is 2. The van der Waals surface area contributed by atoms with Crippen LogP contribution in [0.2, 0.25) is 0 Å². The van der Waals surface area contributed by atoms with Gasteiger partial charge in [-0.25, -0.2) is 4.98 Å². The lowest BCUT2D eigenvalue weighted by atomic mass is 10.3. The van der Waals surface area contributed by atoms with Crippen molar-refractivity contribution in [2.24, 2.45) is 0 Å². The fourth-order valence-electron chi connectivity index (χ4n) is 1.38. The number of carbonyl (C=O) groups is 1. The second-order valence-corrected chi connectivity index (χ2v) is 4.23. The van der Waals surface area contributed by atoms with E-state index in [1.807, 2.05) is 0 Å². The first-order valence-corrected chi connectivity index (χ1v) is 5.78. The molecule has 0 aliphatic heterocycles. The number of amides is 1. The molecule has 0 atom stereocenters. The molecule has 2 aromatic rings. The zero-order chi connectivity index (χ0) is 12.3. The average molecular weight is 292 g/mol. The van der Waals surface area contributed by atoms with Gasteiger partial charge in [-0.05, 0) is 40.2 Å². The van der Waals surface area contributed by atoms with Gasteiger partial charge in [-0.1, -0.05) is 6.07 Å². The summed E-state index contributed by atoms with van der Waals surface area (Å²) < 4.78 is 0.645. The van der Waals surface area contributed by atoms with E-state index in [4.69, 9.17) is 0 Å². The fraction of sp³-hybridized carbons (Fsp3) is 0.0833. The summed E-state index contributed by atoms with van der Waals surface area (Å²) in [6.07, 6.45) is 3.29. The Morgan fingerprint density at radius 3 is 2.59 bits per heavy atom. The molecule has 86 valence electrons. The van der Waals surface area contributed by atoms with Crippen LogP contribution in [0.4, 0.5) is 5.69 Å². The Morgan fingerprint density at radius 1 is 1.24 bits per heavy atom. The Balaban J connectivity index is 2.27. The highest BCUT2D eigenvalue weighted by Crippen LogP contribution is 2.14. The summed E-state index contributed by atoms with van der Waals surface area (Å²) >= 11 is 3.24. The number of hydrogen-bond acceptors (Lipinski definition) is 3. The molecule has 0 aliphatic rings. The Kier molecular flexibility index (Phi) is 3.49. The predicted molar refractivity (Wildman–Crippen MR) is 68.9 cm³/mol. The van der Waals surface area contributed by atoms with Gasteiger partial charge in [0.25, 0.3) is 5.91 Å². The van der Waals surface area contributed by atoms with Gasteiger partial charge < -0.3 is 4.90 Å². The number of nitrogens with zero attached hydrogens (tertiary/aromatic N) is 3. The van der Waals surface area contributed by atoms with E-state index in [-0.39, 0.29) is 5.91 Å². The summed E-state index contributed by atoms with van der Waals surface area (Å²) in [4.78, 5) is 21.7. The van der Waals surface area contributed by atoms with Crippen LogP contribution in [0.1, 0.15) is 10.5 Å². The van der Waals surface area contributed by atoms with Gasteiger partial charge in [0, 0.05) is 25.1 Å². The fourth-order valence-corrected chi connectivity index (χ4v) is 1.73. The Bertz CT molecular complexity index is 530. The highest BCUT2D eigenvalue weighted by molar-refractivity contribution is 9.10. The third-order valence-corrected chi connectivity index (χ3v) is 2.73. The van der Waals surface area contributed by atoms with Gasteiger partial charge in [0.1, 0.15) is 10.3 Å². The molecular weight excluding hydrogens is 282 g/mol. The molecular formula is C12H10BrN3O. The summed E-state index contributed by atoms with van der Waals surface area (Å²) in [7, 11) is 1.71. The van der Waals surface area contributed by atoms with E-state index in [9.17, 15) is 4.79 Å². The van der Waals surface area contributed by atoms with E-state index in [0.717, 1.165) is 5.69 Å². The number of carbonyl (C=O) groups excluding carboxylic acids is 1. The van der Waals surface area contributed by atoms with E-state index in [1.54, 1.807) is 49.8 Å². The van der Waals surface area contributed by atoms with Gasteiger partial charge in [0.2, 0.25) is 0 Å². The minimum atomic E-state index is -0.155. The largest absolute Gasteiger partial charge is 0.310 e. The molecule has 0 saturated carbocycles. The average Bonchev–Trinajstić information content (AvgIpc) is 2.38. The van der Waals surface area contributed by atoms with Crippen LogP contribution in [0.5, 0.6) is 0 Å². The van der Waals surface area contributed by atoms with Crippen LogP contribution in [-0.2, 0) is 0 Å². The maximum absolute atomic E-state index is 12.1. The molecule has 0 unspecified atom stereocenters. The molecule has 0 fully saturated rings. The van der Waals surface area contributed by atoms with Crippen molar-refractivity contribution in [1.29, 1.82) is 0 Å². The molecule has 0 radical (unpaired) electrons. The summed E-state index contributed by atoms with van der Waals surface area (Å²) in [6.45, 7) is 0. The van der Waals surface area contributed by atoms with E-state index >= 15 is 0 Å². The van der Waals surface area contributed by atoms with E-state index in [0.29, 0.717) is 10.3 Å². The molecule has 1 amide bonds. The molecule has 2 aromatic heterocycles. The van der Waals surface area contributed by atoms with Gasteiger partial charge in [-0.2, -0.15) is 0 Å². The standard InChI is InChI=1S/C12H10BrN3O/c1-16(9-5-7-14-8-6-9)12(17)10-3-2-4-11(13)15-10/h2-8H,1H3. The van der Waals surface area contributed by atoms with Crippen molar-refractivity contribution in [2.75, 3.05) is 11.9 Å². The van der Waals surface area contributed by atoms with Crippen LogP contribution in [0.25, 0.3) is 0 Å². The first-order valence-electron chi connectivity index (χ1n) is 4.99. The van der Waals surface area contributed by atoms with Crippen molar-refractivity contribution in [2.45, 2.75) is 0 Å². The Hall–Kier alpha value is -1.75. The third-order valence-electron chi connectivity index (χ3n) is 2.29. The SMILES string of the molecule is CN(C(=O)c1cccc(Br)n1)c1ccncc1. The van der Waals surface area contributed by atoms with Gasteiger partial charge in [-0.3, -0.25) is 9.78 Å². The molecule has 5 heteroatoms. The van der Waals surface area contributed by atoms with Crippen molar-refractivity contribution in [3.8, 4) is 0 Å². The molecule has 0 saturated heterocycles. The van der Waals surface area contributed by atoms with Crippen molar-refractivity contribution in [3.63, 3.8) is 0 Å². The molecule has 0 spiro atoms. The normalized spacial score (nSPS) is 10.0. The molecule has 4 nitrogen and oxygen atoms in total. The van der Waals surface area contributed by atoms with Crippen LogP contribution >= 0.6 is 15.9 Å². The smallest absolute Gasteiger partial charge is 0.276 e.